The van der Waals surface area contributed by atoms with Crippen LogP contribution in [0.5, 0.6) is 0 Å². The third kappa shape index (κ3) is 4.09. The quantitative estimate of drug-likeness (QED) is 0.739. The Morgan fingerprint density at radius 1 is 1.05 bits per heavy atom. The minimum absolute atomic E-state index is 0.0495. The molecule has 0 unspecified atom stereocenters. The summed E-state index contributed by atoms with van der Waals surface area (Å²) in [5, 5.41) is 18.1. The monoisotopic (exact) mass is 264 g/mol. The van der Waals surface area contributed by atoms with Crippen molar-refractivity contribution in [2.24, 2.45) is 0 Å². The fraction of sp³-hybridized carbons (Fsp3) is 0.467. The zero-order valence-electron chi connectivity index (χ0n) is 11.4. The minimum atomic E-state index is -1.09. The van der Waals surface area contributed by atoms with Crippen LogP contribution in [0.3, 0.4) is 0 Å². The molecule has 0 bridgehead atoms. The first-order valence-corrected chi connectivity index (χ1v) is 6.57. The highest BCUT2D eigenvalue weighted by molar-refractivity contribution is 5.95. The van der Waals surface area contributed by atoms with Gasteiger partial charge in [-0.15, -0.1) is 0 Å². The van der Waals surface area contributed by atoms with E-state index in [1.165, 1.54) is 6.07 Å². The predicted molar refractivity (Wildman–Crippen MR) is 72.9 cm³/mol. The first kappa shape index (κ1) is 15.2. The molecule has 0 saturated carbocycles. The lowest BCUT2D eigenvalue weighted by molar-refractivity contribution is 0.0695. The van der Waals surface area contributed by atoms with Gasteiger partial charge in [0.15, 0.2) is 0 Å². The van der Waals surface area contributed by atoms with Gasteiger partial charge >= 0.3 is 11.9 Å². The van der Waals surface area contributed by atoms with Gasteiger partial charge in [0.05, 0.1) is 11.1 Å². The van der Waals surface area contributed by atoms with Gasteiger partial charge in [0, 0.05) is 0 Å². The zero-order valence-corrected chi connectivity index (χ0v) is 11.4. The van der Waals surface area contributed by atoms with Crippen LogP contribution >= 0.6 is 0 Å². The highest BCUT2D eigenvalue weighted by Gasteiger charge is 2.15. The standard InChI is InChI=1S/C15H20O4/c1-3-4-5-6-7-11-8-12(14(16)17)9-13(10(11)2)15(18)19/h8-9H,3-7H2,1-2H3,(H,16,17)(H,18,19). The number of aromatic carboxylic acids is 2. The number of aryl methyl sites for hydroxylation is 1. The maximum Gasteiger partial charge on any atom is 0.335 e. The van der Waals surface area contributed by atoms with E-state index < -0.39 is 11.9 Å². The topological polar surface area (TPSA) is 74.6 Å². The van der Waals surface area contributed by atoms with Crippen LogP contribution in [0.1, 0.15) is 64.4 Å². The second-order valence-electron chi connectivity index (χ2n) is 4.73. The molecule has 4 heteroatoms. The summed E-state index contributed by atoms with van der Waals surface area (Å²) in [6.07, 6.45) is 5.04. The lowest BCUT2D eigenvalue weighted by Gasteiger charge is -2.10. The van der Waals surface area contributed by atoms with Crippen molar-refractivity contribution >= 4 is 11.9 Å². The second kappa shape index (κ2) is 6.92. The SMILES string of the molecule is CCCCCCc1cc(C(=O)O)cc(C(=O)O)c1C. The lowest BCUT2D eigenvalue weighted by atomic mass is 9.95. The molecule has 1 rings (SSSR count). The Bertz CT molecular complexity index is 477. The molecule has 4 nitrogen and oxygen atoms in total. The molecule has 1 aromatic carbocycles. The molecule has 1 aromatic rings. The Morgan fingerprint density at radius 2 is 1.74 bits per heavy atom. The molecule has 0 aliphatic carbocycles. The molecule has 0 radical (unpaired) electrons. The number of rotatable bonds is 7. The van der Waals surface area contributed by atoms with Crippen LogP contribution < -0.4 is 0 Å². The van der Waals surface area contributed by atoms with Crippen LogP contribution in [0.15, 0.2) is 12.1 Å². The van der Waals surface area contributed by atoms with Crippen molar-refractivity contribution in [3.63, 3.8) is 0 Å². The third-order valence-electron chi connectivity index (χ3n) is 3.29. The van der Waals surface area contributed by atoms with Gasteiger partial charge in [0.1, 0.15) is 0 Å². The zero-order chi connectivity index (χ0) is 14.4. The van der Waals surface area contributed by atoms with Crippen molar-refractivity contribution in [3.05, 3.63) is 34.4 Å². The normalized spacial score (nSPS) is 10.4. The molecule has 19 heavy (non-hydrogen) atoms. The van der Waals surface area contributed by atoms with Crippen LogP contribution in [-0.4, -0.2) is 22.2 Å². The van der Waals surface area contributed by atoms with Gasteiger partial charge in [-0.25, -0.2) is 9.59 Å². The molecular formula is C15H20O4. The number of benzene rings is 1. The number of hydrogen-bond donors (Lipinski definition) is 2. The molecule has 0 saturated heterocycles. The van der Waals surface area contributed by atoms with Gasteiger partial charge in [-0.2, -0.15) is 0 Å². The van der Waals surface area contributed by atoms with E-state index >= 15 is 0 Å². The molecule has 2 N–H and O–H groups in total. The van der Waals surface area contributed by atoms with Gasteiger partial charge in [0.2, 0.25) is 0 Å². The Balaban J connectivity index is 3.01. The maximum atomic E-state index is 11.1. The highest BCUT2D eigenvalue weighted by Crippen LogP contribution is 2.20. The number of carboxylic acid groups (broad SMARTS) is 2. The van der Waals surface area contributed by atoms with Gasteiger partial charge in [-0.3, -0.25) is 0 Å². The average molecular weight is 264 g/mol. The Labute approximate surface area is 113 Å². The molecule has 0 aromatic heterocycles. The first-order chi connectivity index (χ1) is 8.97. The molecule has 104 valence electrons. The Kier molecular flexibility index (Phi) is 5.55. The minimum Gasteiger partial charge on any atom is -0.478 e. The van der Waals surface area contributed by atoms with Crippen LogP contribution in [-0.2, 0) is 6.42 Å². The summed E-state index contributed by atoms with van der Waals surface area (Å²) >= 11 is 0. The average Bonchev–Trinajstić information content (AvgIpc) is 2.35. The third-order valence-corrected chi connectivity index (χ3v) is 3.29. The summed E-state index contributed by atoms with van der Waals surface area (Å²) in [6.45, 7) is 3.86. The van der Waals surface area contributed by atoms with Crippen molar-refractivity contribution in [1.82, 2.24) is 0 Å². The molecule has 0 heterocycles. The van der Waals surface area contributed by atoms with Crippen LogP contribution in [0.2, 0.25) is 0 Å². The predicted octanol–water partition coefficient (Wildman–Crippen LogP) is 3.51. The molecule has 0 fully saturated rings. The number of carbonyl (C=O) groups is 2. The van der Waals surface area contributed by atoms with Gasteiger partial charge in [-0.1, -0.05) is 26.2 Å². The van der Waals surface area contributed by atoms with E-state index in [2.05, 4.69) is 6.92 Å². The largest absolute Gasteiger partial charge is 0.478 e. The van der Waals surface area contributed by atoms with Crippen molar-refractivity contribution < 1.29 is 19.8 Å². The van der Waals surface area contributed by atoms with Crippen molar-refractivity contribution in [3.8, 4) is 0 Å². The summed E-state index contributed by atoms with van der Waals surface area (Å²) in [4.78, 5) is 22.2. The maximum absolute atomic E-state index is 11.1. The molecule has 0 amide bonds. The molecule has 0 atom stereocenters. The molecule has 0 aliphatic rings. The summed E-state index contributed by atoms with van der Waals surface area (Å²) < 4.78 is 0. The van der Waals surface area contributed by atoms with Crippen molar-refractivity contribution in [2.45, 2.75) is 46.0 Å². The van der Waals surface area contributed by atoms with Crippen molar-refractivity contribution in [1.29, 1.82) is 0 Å². The van der Waals surface area contributed by atoms with Crippen LogP contribution in [0.4, 0.5) is 0 Å². The van der Waals surface area contributed by atoms with E-state index in [-0.39, 0.29) is 11.1 Å². The number of carboxylic acids is 2. The molecular weight excluding hydrogens is 244 g/mol. The second-order valence-corrected chi connectivity index (χ2v) is 4.73. The lowest BCUT2D eigenvalue weighted by Crippen LogP contribution is -2.08. The summed E-state index contributed by atoms with van der Waals surface area (Å²) in [7, 11) is 0. The van der Waals surface area contributed by atoms with E-state index in [9.17, 15) is 9.59 Å². The first-order valence-electron chi connectivity index (χ1n) is 6.57. The van der Waals surface area contributed by atoms with Crippen molar-refractivity contribution in [2.75, 3.05) is 0 Å². The Morgan fingerprint density at radius 3 is 2.26 bits per heavy atom. The van der Waals surface area contributed by atoms with Gasteiger partial charge in [-0.05, 0) is 43.0 Å². The number of hydrogen-bond acceptors (Lipinski definition) is 2. The molecule has 0 aliphatic heterocycles. The van der Waals surface area contributed by atoms with Crippen LogP contribution in [0, 0.1) is 6.92 Å². The van der Waals surface area contributed by atoms with E-state index in [0.29, 0.717) is 5.56 Å². The van der Waals surface area contributed by atoms with E-state index in [0.717, 1.165) is 37.7 Å². The molecule has 0 spiro atoms. The van der Waals surface area contributed by atoms with E-state index in [1.807, 2.05) is 0 Å². The highest BCUT2D eigenvalue weighted by atomic mass is 16.4. The summed E-state index contributed by atoms with van der Waals surface area (Å²) in [5.41, 5.74) is 1.64. The van der Waals surface area contributed by atoms with E-state index in [1.54, 1.807) is 13.0 Å². The van der Waals surface area contributed by atoms with E-state index in [4.69, 9.17) is 10.2 Å². The fourth-order valence-corrected chi connectivity index (χ4v) is 2.12. The Hall–Kier alpha value is -1.84. The summed E-state index contributed by atoms with van der Waals surface area (Å²) in [5.74, 6) is -2.16. The van der Waals surface area contributed by atoms with Crippen LogP contribution in [0.25, 0.3) is 0 Å². The van der Waals surface area contributed by atoms with Gasteiger partial charge in [0.25, 0.3) is 0 Å². The smallest absolute Gasteiger partial charge is 0.335 e. The summed E-state index contributed by atoms with van der Waals surface area (Å²) in [6, 6.07) is 2.82. The number of unbranched alkanes of at least 4 members (excludes halogenated alkanes) is 3. The fourth-order valence-electron chi connectivity index (χ4n) is 2.12. The van der Waals surface area contributed by atoms with Gasteiger partial charge < -0.3 is 10.2 Å².